The first-order valence-corrected chi connectivity index (χ1v) is 12.7. The van der Waals surface area contributed by atoms with E-state index in [9.17, 15) is 13.2 Å². The third-order valence-corrected chi connectivity index (χ3v) is 8.82. The minimum atomic E-state index is -3.54. The van der Waals surface area contributed by atoms with E-state index in [1.807, 2.05) is 18.2 Å². The molecule has 7 nitrogen and oxygen atoms in total. The van der Waals surface area contributed by atoms with Crippen LogP contribution >= 0.6 is 11.3 Å². The molecule has 3 aromatic rings. The molecule has 2 fully saturated rings. The van der Waals surface area contributed by atoms with E-state index in [2.05, 4.69) is 16.0 Å². The van der Waals surface area contributed by atoms with Crippen LogP contribution in [-0.4, -0.2) is 61.2 Å². The SMILES string of the molecule is O=C1CCCN1c1ccc(S(=O)(=O)N2CCN(Cc3nc4ccccc4s3)CC2)cc1. The summed E-state index contributed by atoms with van der Waals surface area (Å²) in [6, 6.07) is 14.8. The number of fused-ring (bicyclic) bond motifs is 1. The molecule has 0 aliphatic carbocycles. The van der Waals surface area contributed by atoms with Gasteiger partial charge in [0.25, 0.3) is 0 Å². The quantitative estimate of drug-likeness (QED) is 0.590. The lowest BCUT2D eigenvalue weighted by Gasteiger charge is -2.33. The lowest BCUT2D eigenvalue weighted by molar-refractivity contribution is -0.117. The van der Waals surface area contributed by atoms with Gasteiger partial charge in [-0.15, -0.1) is 11.3 Å². The maximum absolute atomic E-state index is 13.1. The Bertz CT molecular complexity index is 1170. The molecule has 0 unspecified atom stereocenters. The largest absolute Gasteiger partial charge is 0.312 e. The van der Waals surface area contributed by atoms with E-state index in [-0.39, 0.29) is 10.8 Å². The highest BCUT2D eigenvalue weighted by atomic mass is 32.2. The van der Waals surface area contributed by atoms with Crippen molar-refractivity contribution in [1.82, 2.24) is 14.2 Å². The zero-order chi connectivity index (χ0) is 21.4. The number of thiazole rings is 1. The number of carbonyl (C=O) groups excluding carboxylic acids is 1. The zero-order valence-electron chi connectivity index (χ0n) is 17.1. The highest BCUT2D eigenvalue weighted by Gasteiger charge is 2.29. The van der Waals surface area contributed by atoms with Gasteiger partial charge in [-0.2, -0.15) is 4.31 Å². The smallest absolute Gasteiger partial charge is 0.243 e. The molecular weight excluding hydrogens is 432 g/mol. The molecule has 3 heterocycles. The van der Waals surface area contributed by atoms with Gasteiger partial charge in [-0.3, -0.25) is 9.69 Å². The van der Waals surface area contributed by atoms with Crippen molar-refractivity contribution in [2.24, 2.45) is 0 Å². The van der Waals surface area contributed by atoms with E-state index in [1.165, 1.54) is 4.70 Å². The predicted octanol–water partition coefficient (Wildman–Crippen LogP) is 2.93. The van der Waals surface area contributed by atoms with Crippen LogP contribution in [0.15, 0.2) is 53.4 Å². The summed E-state index contributed by atoms with van der Waals surface area (Å²) in [6.45, 7) is 3.71. The topological polar surface area (TPSA) is 73.8 Å². The number of carbonyl (C=O) groups is 1. The van der Waals surface area contributed by atoms with Crippen molar-refractivity contribution in [3.05, 3.63) is 53.5 Å². The molecular formula is C22H24N4O3S2. The standard InChI is InChI=1S/C22H24N4O3S2/c27-22-6-3-11-26(22)17-7-9-18(10-8-17)31(28,29)25-14-12-24(13-15-25)16-21-23-19-4-1-2-5-20(19)30-21/h1-2,4-5,7-10H,3,6,11-16H2. The molecule has 2 aliphatic heterocycles. The van der Waals surface area contributed by atoms with E-state index in [1.54, 1.807) is 44.8 Å². The van der Waals surface area contributed by atoms with Gasteiger partial charge in [0.1, 0.15) is 5.01 Å². The van der Waals surface area contributed by atoms with Crippen molar-refractivity contribution < 1.29 is 13.2 Å². The van der Waals surface area contributed by atoms with Crippen molar-refractivity contribution in [3.8, 4) is 0 Å². The first kappa shape index (κ1) is 20.6. The fourth-order valence-corrected chi connectivity index (χ4v) is 6.61. The van der Waals surface area contributed by atoms with Gasteiger partial charge in [0.2, 0.25) is 15.9 Å². The first-order valence-electron chi connectivity index (χ1n) is 10.5. The molecule has 9 heteroatoms. The highest BCUT2D eigenvalue weighted by Crippen LogP contribution is 2.26. The molecule has 0 atom stereocenters. The Labute approximate surface area is 186 Å². The highest BCUT2D eigenvalue weighted by molar-refractivity contribution is 7.89. The molecule has 31 heavy (non-hydrogen) atoms. The number of para-hydroxylation sites is 1. The normalized spacial score (nSPS) is 18.8. The molecule has 0 spiro atoms. The number of anilines is 1. The van der Waals surface area contributed by atoms with Crippen LogP contribution in [0.1, 0.15) is 17.8 Å². The number of hydrogen-bond donors (Lipinski definition) is 0. The molecule has 0 N–H and O–H groups in total. The van der Waals surface area contributed by atoms with Crippen LogP contribution < -0.4 is 4.90 Å². The molecule has 0 bridgehead atoms. The number of rotatable bonds is 5. The van der Waals surface area contributed by atoms with Gasteiger partial charge >= 0.3 is 0 Å². The minimum Gasteiger partial charge on any atom is -0.312 e. The van der Waals surface area contributed by atoms with Crippen LogP contribution in [0, 0.1) is 0 Å². The molecule has 1 amide bonds. The van der Waals surface area contributed by atoms with Gasteiger partial charge in [-0.05, 0) is 42.8 Å². The fraction of sp³-hybridized carbons (Fsp3) is 0.364. The lowest BCUT2D eigenvalue weighted by Crippen LogP contribution is -2.48. The monoisotopic (exact) mass is 456 g/mol. The van der Waals surface area contributed by atoms with Crippen molar-refractivity contribution in [1.29, 1.82) is 0 Å². The van der Waals surface area contributed by atoms with E-state index in [0.29, 0.717) is 39.1 Å². The maximum atomic E-state index is 13.1. The first-order chi connectivity index (χ1) is 15.0. The Kier molecular flexibility index (Phi) is 5.51. The summed E-state index contributed by atoms with van der Waals surface area (Å²) in [5, 5.41) is 1.06. The van der Waals surface area contributed by atoms with Gasteiger partial charge < -0.3 is 4.90 Å². The van der Waals surface area contributed by atoms with Crippen molar-refractivity contribution in [2.75, 3.05) is 37.6 Å². The average Bonchev–Trinajstić information content (AvgIpc) is 3.39. The van der Waals surface area contributed by atoms with E-state index < -0.39 is 10.0 Å². The zero-order valence-corrected chi connectivity index (χ0v) is 18.7. The molecule has 2 aromatic carbocycles. The minimum absolute atomic E-state index is 0.0971. The summed E-state index contributed by atoms with van der Waals surface area (Å²) < 4.78 is 28.9. The molecule has 162 valence electrons. The molecule has 1 aromatic heterocycles. The molecule has 0 radical (unpaired) electrons. The summed E-state index contributed by atoms with van der Waals surface area (Å²) in [5.41, 5.74) is 1.78. The lowest BCUT2D eigenvalue weighted by atomic mass is 10.3. The Morgan fingerprint density at radius 1 is 0.935 bits per heavy atom. The third kappa shape index (κ3) is 4.10. The Hall–Kier alpha value is -2.33. The van der Waals surface area contributed by atoms with Crippen molar-refractivity contribution in [2.45, 2.75) is 24.3 Å². The maximum Gasteiger partial charge on any atom is 0.243 e. The van der Waals surface area contributed by atoms with Gasteiger partial charge in [0, 0.05) is 44.8 Å². The summed E-state index contributed by atoms with van der Waals surface area (Å²) in [4.78, 5) is 20.8. The Balaban J connectivity index is 1.22. The third-order valence-electron chi connectivity index (χ3n) is 5.89. The van der Waals surface area contributed by atoms with Crippen molar-refractivity contribution >= 4 is 43.2 Å². The Morgan fingerprint density at radius 3 is 2.35 bits per heavy atom. The average molecular weight is 457 g/mol. The second kappa shape index (κ2) is 8.31. The summed E-state index contributed by atoms with van der Waals surface area (Å²) >= 11 is 1.69. The van der Waals surface area contributed by atoms with E-state index in [4.69, 9.17) is 0 Å². The van der Waals surface area contributed by atoms with Crippen LogP contribution in [0.25, 0.3) is 10.2 Å². The summed E-state index contributed by atoms with van der Waals surface area (Å²) in [6.07, 6.45) is 1.40. The van der Waals surface area contributed by atoms with E-state index >= 15 is 0 Å². The molecule has 5 rings (SSSR count). The number of amides is 1. The number of benzene rings is 2. The van der Waals surface area contributed by atoms with E-state index in [0.717, 1.165) is 29.2 Å². The number of nitrogens with zero attached hydrogens (tertiary/aromatic N) is 4. The second-order valence-electron chi connectivity index (χ2n) is 7.90. The van der Waals surface area contributed by atoms with Crippen LogP contribution in [0.4, 0.5) is 5.69 Å². The van der Waals surface area contributed by atoms with Gasteiger partial charge in [0.05, 0.1) is 21.7 Å². The molecule has 0 saturated carbocycles. The van der Waals surface area contributed by atoms with Crippen LogP contribution in [0.3, 0.4) is 0 Å². The number of piperazine rings is 1. The van der Waals surface area contributed by atoms with Crippen LogP contribution in [-0.2, 0) is 21.4 Å². The fourth-order valence-electron chi connectivity index (χ4n) is 4.18. The summed E-state index contributed by atoms with van der Waals surface area (Å²) in [7, 11) is -3.54. The van der Waals surface area contributed by atoms with Crippen LogP contribution in [0.5, 0.6) is 0 Å². The second-order valence-corrected chi connectivity index (χ2v) is 11.0. The number of hydrogen-bond acceptors (Lipinski definition) is 6. The molecule has 2 saturated heterocycles. The van der Waals surface area contributed by atoms with Gasteiger partial charge in [-0.1, -0.05) is 12.1 Å². The van der Waals surface area contributed by atoms with Crippen LogP contribution in [0.2, 0.25) is 0 Å². The number of aromatic nitrogens is 1. The summed E-state index contributed by atoms with van der Waals surface area (Å²) in [5.74, 6) is 0.0971. The molecule has 2 aliphatic rings. The Morgan fingerprint density at radius 2 is 1.68 bits per heavy atom. The van der Waals surface area contributed by atoms with Gasteiger partial charge in [0.15, 0.2) is 0 Å². The van der Waals surface area contributed by atoms with Crippen molar-refractivity contribution in [3.63, 3.8) is 0 Å². The van der Waals surface area contributed by atoms with Gasteiger partial charge in [-0.25, -0.2) is 13.4 Å². The number of sulfonamides is 1. The predicted molar refractivity (Wildman–Crippen MR) is 122 cm³/mol.